The topological polar surface area (TPSA) is 109 Å². The van der Waals surface area contributed by atoms with Crippen molar-refractivity contribution in [2.75, 3.05) is 0 Å². The van der Waals surface area contributed by atoms with Crippen LogP contribution in [0.2, 0.25) is 0 Å². The minimum absolute atomic E-state index is 0. The Kier molecular flexibility index (Phi) is 13.0. The summed E-state index contributed by atoms with van der Waals surface area (Å²) in [5.41, 5.74) is 11.3. The van der Waals surface area contributed by atoms with Gasteiger partial charge in [0.2, 0.25) is 5.39 Å². The largest absolute Gasteiger partial charge is 1.00 e. The molecule has 330 valence electrons. The minimum atomic E-state index is -0.271. The second kappa shape index (κ2) is 16.7. The first-order chi connectivity index (χ1) is 27.9. The fourth-order valence-corrected chi connectivity index (χ4v) is 8.47. The van der Waals surface area contributed by atoms with Crippen molar-refractivity contribution in [3.8, 4) is 23.0 Å². The number of diazo groups is 1. The molecule has 6 nitrogen and oxygen atoms in total. The van der Waals surface area contributed by atoms with E-state index < -0.39 is 0 Å². The zero-order valence-electron chi connectivity index (χ0n) is 39.9. The number of phenolic OH excluding ortho intramolecular Hbond substituents is 4. The zero-order valence-corrected chi connectivity index (χ0v) is 41.5. The van der Waals surface area contributed by atoms with Gasteiger partial charge in [0.25, 0.3) is 0 Å². The molecule has 5 aromatic carbocycles. The predicted molar refractivity (Wildman–Crippen MR) is 251 cm³/mol. The molecule has 1 aliphatic carbocycles. The van der Waals surface area contributed by atoms with E-state index in [-0.39, 0.29) is 86.3 Å². The second-order valence-corrected chi connectivity index (χ2v) is 22.9. The molecule has 4 N–H and O–H groups in total. The fraction of sp³-hybridized carbons (Fsp3) is 0.455. The first kappa shape index (κ1) is 48.2. The van der Waals surface area contributed by atoms with Gasteiger partial charge in [-0.25, -0.2) is 0 Å². The van der Waals surface area contributed by atoms with Crippen LogP contribution in [0.1, 0.15) is 187 Å². The average Bonchev–Trinajstić information content (AvgIpc) is 3.11. The Labute approximate surface area is 381 Å². The molecule has 0 atom stereocenters. The summed E-state index contributed by atoms with van der Waals surface area (Å²) in [5.74, 6) is 0.541. The highest BCUT2D eigenvalue weighted by molar-refractivity contribution is 5.65. The summed E-state index contributed by atoms with van der Waals surface area (Å²) in [7, 11) is 0. The van der Waals surface area contributed by atoms with E-state index in [0.29, 0.717) is 63.0 Å². The molecule has 0 unspecified atom stereocenters. The zero-order chi connectivity index (χ0) is 45.4. The van der Waals surface area contributed by atoms with Crippen LogP contribution in [-0.2, 0) is 59.2 Å². The van der Waals surface area contributed by atoms with Gasteiger partial charge >= 0.3 is 5.69 Å². The van der Waals surface area contributed by atoms with Gasteiger partial charge in [0.05, 0.1) is 11.1 Å². The molecular weight excluding hydrogens is 833 g/mol. The van der Waals surface area contributed by atoms with E-state index >= 15 is 0 Å². The maximum absolute atomic E-state index is 12.3. The van der Waals surface area contributed by atoms with Gasteiger partial charge in [-0.05, 0) is 112 Å². The molecule has 10 bridgehead atoms. The number of benzene rings is 5. The molecule has 0 aromatic heterocycles. The summed E-state index contributed by atoms with van der Waals surface area (Å²) in [5, 5.41) is 60.0. The van der Waals surface area contributed by atoms with Gasteiger partial charge < -0.3 is 37.4 Å². The van der Waals surface area contributed by atoms with E-state index in [4.69, 9.17) is 0 Å². The van der Waals surface area contributed by atoms with Gasteiger partial charge in [-0.15, -0.1) is 0 Å². The molecule has 0 saturated heterocycles. The van der Waals surface area contributed by atoms with Crippen molar-refractivity contribution in [3.63, 3.8) is 0 Å². The molecule has 0 fully saturated rings. The van der Waals surface area contributed by atoms with Gasteiger partial charge in [0, 0.05) is 32.1 Å². The number of phenols is 4. The van der Waals surface area contributed by atoms with E-state index in [2.05, 4.69) is 169 Å². The molecule has 0 spiro atoms. The van der Waals surface area contributed by atoms with Crippen LogP contribution in [0.4, 0.5) is 5.69 Å². The van der Waals surface area contributed by atoms with E-state index in [1.165, 1.54) is 0 Å². The second-order valence-electron chi connectivity index (χ2n) is 22.9. The van der Waals surface area contributed by atoms with Crippen LogP contribution in [0, 0.1) is 5.39 Å². The van der Waals surface area contributed by atoms with E-state index in [1.807, 2.05) is 0 Å². The fourth-order valence-electron chi connectivity index (χ4n) is 8.47. The number of halogens is 1. The molecule has 62 heavy (non-hydrogen) atoms. The van der Waals surface area contributed by atoms with Crippen molar-refractivity contribution in [1.82, 2.24) is 0 Å². The van der Waals surface area contributed by atoms with Crippen molar-refractivity contribution in [1.29, 1.82) is 5.39 Å². The van der Waals surface area contributed by atoms with Crippen molar-refractivity contribution in [3.05, 3.63) is 149 Å². The number of fused-ring (bicyclic) bond motifs is 10. The molecule has 0 radical (unpaired) electrons. The number of hydrogen-bond acceptors (Lipinski definition) is 5. The summed E-state index contributed by atoms with van der Waals surface area (Å²) in [6, 6.07) is 20.6. The summed E-state index contributed by atoms with van der Waals surface area (Å²) in [4.78, 5) is 3.94. The van der Waals surface area contributed by atoms with Crippen LogP contribution in [-0.4, -0.2) is 20.4 Å². The monoisotopic (exact) mass is 900 g/mol. The third-order valence-corrected chi connectivity index (χ3v) is 12.7. The molecule has 6 rings (SSSR count). The number of nitrogens with zero attached hydrogens (tertiary/aromatic N) is 2. The number of rotatable bonds is 0. The van der Waals surface area contributed by atoms with Crippen LogP contribution in [0.5, 0.6) is 23.0 Å². The van der Waals surface area contributed by atoms with Crippen molar-refractivity contribution in [2.45, 2.75) is 163 Å². The van der Waals surface area contributed by atoms with E-state index in [0.717, 1.165) is 38.9 Å². The first-order valence-corrected chi connectivity index (χ1v) is 21.9. The lowest BCUT2D eigenvalue weighted by Crippen LogP contribution is -3.00. The molecule has 7 heteroatoms. The Morgan fingerprint density at radius 1 is 0.323 bits per heavy atom. The lowest BCUT2D eigenvalue weighted by atomic mass is 9.79. The first-order valence-electron chi connectivity index (χ1n) is 21.9. The third kappa shape index (κ3) is 10.0. The molecule has 5 aromatic rings. The normalized spacial score (nSPS) is 13.8. The predicted octanol–water partition coefficient (Wildman–Crippen LogP) is 10.8. The Morgan fingerprint density at radius 3 is 0.613 bits per heavy atom. The summed E-state index contributed by atoms with van der Waals surface area (Å²) in [6.07, 6.45) is 1.42. The maximum Gasteiger partial charge on any atom is 0.392 e. The SMILES string of the molecule is CC(C)(C)c1cc2c(O)c(c1)Cc1cc(C(C)(C)C)cc(c1O)Cc1cc(C(C)(C)C)cc(c1[N+]#N)Cc1cc(C(C)(C)C)cc(c1O)Cc1cc(C(C)(C)C)cc(c1O)C2.[Br-]. The standard InChI is InChI=1S/C55H68N2O4.BrH/c1-51(2,3)41-21-31-16-33-23-42(52(4,5)6)25-35(47(33)58)18-37-27-44(54(10,11)12)29-39(49(37)60)20-40-30-45(55(13,14)15)28-38(50(40)61)19-36-26-43(53(7,8)9)24-34(48(36)59)17-32(22-41)46(31)57-56;/h21-30H,16-20H2,1-15H3,(H3-,58,59,60,61);1H. The van der Waals surface area contributed by atoms with Crippen LogP contribution >= 0.6 is 0 Å². The van der Waals surface area contributed by atoms with Crippen molar-refractivity contribution >= 4 is 5.69 Å². The Morgan fingerprint density at radius 2 is 0.468 bits per heavy atom. The highest BCUT2D eigenvalue weighted by Gasteiger charge is 2.31. The van der Waals surface area contributed by atoms with Crippen molar-refractivity contribution < 1.29 is 37.4 Å². The Balaban J connectivity index is 0.00000726. The summed E-state index contributed by atoms with van der Waals surface area (Å²) < 4.78 is 0. The maximum atomic E-state index is 12.3. The molecule has 0 aliphatic heterocycles. The molecule has 0 saturated carbocycles. The molecule has 0 amide bonds. The average molecular weight is 902 g/mol. The van der Waals surface area contributed by atoms with Crippen LogP contribution in [0.15, 0.2) is 60.7 Å². The van der Waals surface area contributed by atoms with Crippen LogP contribution < -0.4 is 17.0 Å². The molecule has 0 heterocycles. The lowest BCUT2D eigenvalue weighted by Gasteiger charge is -2.26. The Hall–Kier alpha value is -4.80. The van der Waals surface area contributed by atoms with Gasteiger partial charge in [0.1, 0.15) is 23.0 Å². The number of hydrogen-bond donors (Lipinski definition) is 4. The van der Waals surface area contributed by atoms with Gasteiger partial charge in [-0.2, -0.15) is 0 Å². The lowest BCUT2D eigenvalue weighted by molar-refractivity contribution is -0.0000185. The van der Waals surface area contributed by atoms with Gasteiger partial charge in [-0.1, -0.05) is 152 Å². The van der Waals surface area contributed by atoms with Crippen molar-refractivity contribution in [2.24, 2.45) is 0 Å². The third-order valence-electron chi connectivity index (χ3n) is 12.7. The number of aromatic hydroxyl groups is 4. The van der Waals surface area contributed by atoms with Crippen LogP contribution in [0.3, 0.4) is 0 Å². The minimum Gasteiger partial charge on any atom is -1.00 e. The van der Waals surface area contributed by atoms with Gasteiger partial charge in [0.15, 0.2) is 4.98 Å². The summed E-state index contributed by atoms with van der Waals surface area (Å²) >= 11 is 0. The smallest absolute Gasteiger partial charge is 0.392 e. The van der Waals surface area contributed by atoms with E-state index in [9.17, 15) is 25.8 Å². The van der Waals surface area contributed by atoms with E-state index in [1.54, 1.807) is 0 Å². The highest BCUT2D eigenvalue weighted by atomic mass is 79.9. The quantitative estimate of drug-likeness (QED) is 0.114. The molecular formula is C55H69BrN2O4. The highest BCUT2D eigenvalue weighted by Crippen LogP contribution is 2.44. The van der Waals surface area contributed by atoms with Crippen LogP contribution in [0.25, 0.3) is 4.98 Å². The van der Waals surface area contributed by atoms with Gasteiger partial charge in [-0.3, -0.25) is 0 Å². The molecule has 1 aliphatic rings. The summed E-state index contributed by atoms with van der Waals surface area (Å²) in [6.45, 7) is 32.3. The Bertz CT molecular complexity index is 2420.